The standard InChI is InChI=1S/C13H13Cl2N3S/c14-10-4-1-3-9(7-10)12-5-2-6-18(12)8-11-13(15)19-17-16-11/h1,3-4,7,12H,2,5-6,8H2. The Morgan fingerprint density at radius 2 is 2.26 bits per heavy atom. The largest absolute Gasteiger partial charge is 0.290 e. The second-order valence-electron chi connectivity index (χ2n) is 4.68. The van der Waals surface area contributed by atoms with Gasteiger partial charge < -0.3 is 0 Å². The lowest BCUT2D eigenvalue weighted by molar-refractivity contribution is 0.245. The van der Waals surface area contributed by atoms with E-state index in [4.69, 9.17) is 23.2 Å². The van der Waals surface area contributed by atoms with Crippen LogP contribution in [0.3, 0.4) is 0 Å². The van der Waals surface area contributed by atoms with Gasteiger partial charge in [0.1, 0.15) is 10.0 Å². The topological polar surface area (TPSA) is 29.0 Å². The van der Waals surface area contributed by atoms with Crippen LogP contribution in [0, 0.1) is 0 Å². The molecule has 3 nitrogen and oxygen atoms in total. The van der Waals surface area contributed by atoms with Gasteiger partial charge in [-0.3, -0.25) is 4.90 Å². The Morgan fingerprint density at radius 3 is 3.00 bits per heavy atom. The van der Waals surface area contributed by atoms with Crippen molar-refractivity contribution >= 4 is 34.7 Å². The van der Waals surface area contributed by atoms with Gasteiger partial charge in [0, 0.05) is 29.1 Å². The van der Waals surface area contributed by atoms with Crippen LogP contribution in [-0.4, -0.2) is 21.0 Å². The first-order valence-electron chi connectivity index (χ1n) is 6.20. The zero-order valence-electron chi connectivity index (χ0n) is 10.2. The molecule has 0 aliphatic carbocycles. The first kappa shape index (κ1) is 13.3. The van der Waals surface area contributed by atoms with E-state index < -0.39 is 0 Å². The molecule has 1 aliphatic rings. The van der Waals surface area contributed by atoms with Crippen LogP contribution in [0.4, 0.5) is 0 Å². The van der Waals surface area contributed by atoms with Crippen LogP contribution in [0.25, 0.3) is 0 Å². The molecule has 1 atom stereocenters. The Hall–Kier alpha value is -0.680. The molecule has 2 aromatic rings. The van der Waals surface area contributed by atoms with Gasteiger partial charge >= 0.3 is 0 Å². The number of rotatable bonds is 3. The lowest BCUT2D eigenvalue weighted by Crippen LogP contribution is -2.23. The zero-order chi connectivity index (χ0) is 13.2. The maximum absolute atomic E-state index is 6.08. The van der Waals surface area contributed by atoms with Gasteiger partial charge in [0.2, 0.25) is 0 Å². The minimum atomic E-state index is 0.400. The molecule has 2 heterocycles. The van der Waals surface area contributed by atoms with Crippen LogP contribution in [0.1, 0.15) is 30.1 Å². The Labute approximate surface area is 126 Å². The third-order valence-electron chi connectivity index (χ3n) is 3.46. The maximum Gasteiger partial charge on any atom is 0.138 e. The van der Waals surface area contributed by atoms with Crippen LogP contribution in [-0.2, 0) is 6.54 Å². The van der Waals surface area contributed by atoms with Crippen LogP contribution < -0.4 is 0 Å². The first-order valence-corrected chi connectivity index (χ1v) is 7.73. The van der Waals surface area contributed by atoms with E-state index in [1.54, 1.807) is 0 Å². The summed E-state index contributed by atoms with van der Waals surface area (Å²) in [5, 5.41) is 4.88. The summed E-state index contributed by atoms with van der Waals surface area (Å²) in [6.07, 6.45) is 2.34. The average molecular weight is 314 g/mol. The Morgan fingerprint density at radius 1 is 1.37 bits per heavy atom. The molecule has 6 heteroatoms. The molecule has 0 spiro atoms. The van der Waals surface area contributed by atoms with Crippen molar-refractivity contribution < 1.29 is 0 Å². The van der Waals surface area contributed by atoms with E-state index in [9.17, 15) is 0 Å². The van der Waals surface area contributed by atoms with Crippen LogP contribution in [0.5, 0.6) is 0 Å². The average Bonchev–Trinajstić information content (AvgIpc) is 3.00. The summed E-state index contributed by atoms with van der Waals surface area (Å²) >= 11 is 13.4. The van der Waals surface area contributed by atoms with E-state index in [1.165, 1.54) is 23.5 Å². The van der Waals surface area contributed by atoms with E-state index in [2.05, 4.69) is 20.6 Å². The molecule has 0 bridgehead atoms. The minimum absolute atomic E-state index is 0.400. The van der Waals surface area contributed by atoms with E-state index in [-0.39, 0.29) is 0 Å². The molecule has 1 aromatic heterocycles. The number of nitrogens with zero attached hydrogens (tertiary/aromatic N) is 3. The number of hydrogen-bond donors (Lipinski definition) is 0. The number of hydrogen-bond acceptors (Lipinski definition) is 4. The van der Waals surface area contributed by atoms with Gasteiger partial charge in [-0.25, -0.2) is 0 Å². The highest BCUT2D eigenvalue weighted by Gasteiger charge is 2.27. The van der Waals surface area contributed by atoms with Crippen molar-refractivity contribution in [2.45, 2.75) is 25.4 Å². The molecule has 100 valence electrons. The van der Waals surface area contributed by atoms with Crippen LogP contribution >= 0.6 is 34.7 Å². The molecule has 1 fully saturated rings. The molecule has 1 aliphatic heterocycles. The fraction of sp³-hybridized carbons (Fsp3) is 0.385. The highest BCUT2D eigenvalue weighted by molar-refractivity contribution is 7.10. The van der Waals surface area contributed by atoms with Gasteiger partial charge in [-0.05, 0) is 37.1 Å². The van der Waals surface area contributed by atoms with Gasteiger partial charge in [0.05, 0.1) is 0 Å². The smallest absolute Gasteiger partial charge is 0.138 e. The fourth-order valence-electron chi connectivity index (χ4n) is 2.59. The van der Waals surface area contributed by atoms with E-state index in [0.717, 1.165) is 30.2 Å². The molecule has 0 amide bonds. The molecule has 0 radical (unpaired) electrons. The SMILES string of the molecule is Clc1cccc(C2CCCN2Cc2nnsc2Cl)c1. The quantitative estimate of drug-likeness (QED) is 0.851. The highest BCUT2D eigenvalue weighted by atomic mass is 35.5. The van der Waals surface area contributed by atoms with Gasteiger partial charge in [0.25, 0.3) is 0 Å². The van der Waals surface area contributed by atoms with Gasteiger partial charge in [-0.1, -0.05) is 39.8 Å². The van der Waals surface area contributed by atoms with Crippen molar-refractivity contribution in [3.8, 4) is 0 Å². The van der Waals surface area contributed by atoms with Crippen molar-refractivity contribution in [1.29, 1.82) is 0 Å². The van der Waals surface area contributed by atoms with Crippen LogP contribution in [0.2, 0.25) is 9.36 Å². The summed E-state index contributed by atoms with van der Waals surface area (Å²) in [7, 11) is 0. The summed E-state index contributed by atoms with van der Waals surface area (Å²) in [5.74, 6) is 0. The highest BCUT2D eigenvalue weighted by Crippen LogP contribution is 2.34. The van der Waals surface area contributed by atoms with Crippen molar-refractivity contribution in [2.75, 3.05) is 6.54 Å². The zero-order valence-corrected chi connectivity index (χ0v) is 12.5. The predicted molar refractivity (Wildman–Crippen MR) is 78.8 cm³/mol. The fourth-order valence-corrected chi connectivity index (χ4v) is 3.40. The van der Waals surface area contributed by atoms with Gasteiger partial charge in [-0.2, -0.15) is 0 Å². The van der Waals surface area contributed by atoms with Crippen molar-refractivity contribution in [1.82, 2.24) is 14.5 Å². The third kappa shape index (κ3) is 2.92. The minimum Gasteiger partial charge on any atom is -0.290 e. The van der Waals surface area contributed by atoms with E-state index in [0.29, 0.717) is 10.4 Å². The molecule has 0 N–H and O–H groups in total. The molecule has 0 saturated carbocycles. The molecule has 1 aromatic carbocycles. The summed E-state index contributed by atoms with van der Waals surface area (Å²) in [6, 6.07) is 8.50. The Kier molecular flexibility index (Phi) is 4.03. The van der Waals surface area contributed by atoms with Crippen molar-refractivity contribution in [2.24, 2.45) is 0 Å². The summed E-state index contributed by atoms with van der Waals surface area (Å²) < 4.78 is 4.58. The van der Waals surface area contributed by atoms with Crippen molar-refractivity contribution in [3.05, 3.63) is 44.9 Å². The number of likely N-dealkylation sites (tertiary alicyclic amines) is 1. The Bertz CT molecular complexity index is 573. The molecule has 1 saturated heterocycles. The number of benzene rings is 1. The number of aromatic nitrogens is 2. The summed E-state index contributed by atoms with van der Waals surface area (Å²) in [4.78, 5) is 2.40. The lowest BCUT2D eigenvalue weighted by Gasteiger charge is -2.24. The molecule has 19 heavy (non-hydrogen) atoms. The van der Waals surface area contributed by atoms with Gasteiger partial charge in [0.15, 0.2) is 0 Å². The molecule has 1 unspecified atom stereocenters. The monoisotopic (exact) mass is 313 g/mol. The second kappa shape index (κ2) is 5.75. The van der Waals surface area contributed by atoms with Crippen LogP contribution in [0.15, 0.2) is 24.3 Å². The second-order valence-corrected chi connectivity index (χ2v) is 6.47. The molecular formula is C13H13Cl2N3S. The summed E-state index contributed by atoms with van der Waals surface area (Å²) in [6.45, 7) is 1.82. The number of halogens is 2. The summed E-state index contributed by atoms with van der Waals surface area (Å²) in [5.41, 5.74) is 2.14. The molecular weight excluding hydrogens is 301 g/mol. The van der Waals surface area contributed by atoms with Crippen molar-refractivity contribution in [3.63, 3.8) is 0 Å². The predicted octanol–water partition coefficient (Wildman–Crippen LogP) is 4.18. The third-order valence-corrected chi connectivity index (χ3v) is 4.68. The maximum atomic E-state index is 6.08. The normalized spacial score (nSPS) is 20.0. The first-order chi connectivity index (χ1) is 9.24. The van der Waals surface area contributed by atoms with E-state index >= 15 is 0 Å². The Balaban J connectivity index is 1.80. The lowest BCUT2D eigenvalue weighted by atomic mass is 10.0. The van der Waals surface area contributed by atoms with Gasteiger partial charge in [-0.15, -0.1) is 5.10 Å². The molecule has 3 rings (SSSR count). The van der Waals surface area contributed by atoms with E-state index in [1.807, 2.05) is 18.2 Å².